The van der Waals surface area contributed by atoms with Crippen molar-refractivity contribution >= 4 is 39.7 Å². The average Bonchev–Trinajstić information content (AvgIpc) is 3.17. The monoisotopic (exact) mass is 495 g/mol. The number of imide groups is 1. The summed E-state index contributed by atoms with van der Waals surface area (Å²) in [6.07, 6.45) is 5.62. The molecule has 0 bridgehead atoms. The van der Waals surface area contributed by atoms with Gasteiger partial charge >= 0.3 is 6.03 Å². The van der Waals surface area contributed by atoms with Gasteiger partial charge in [0.25, 0.3) is 17.7 Å². The zero-order chi connectivity index (χ0) is 23.0. The van der Waals surface area contributed by atoms with Gasteiger partial charge < -0.3 is 9.88 Å². The van der Waals surface area contributed by atoms with Crippen LogP contribution in [-0.2, 0) is 16.6 Å². The molecule has 170 valence electrons. The predicted molar refractivity (Wildman–Crippen MR) is 118 cm³/mol. The second kappa shape index (κ2) is 8.64. The van der Waals surface area contributed by atoms with Gasteiger partial charge in [0.05, 0.1) is 0 Å². The van der Waals surface area contributed by atoms with Crippen LogP contribution in [0.1, 0.15) is 63.4 Å². The fourth-order valence-electron chi connectivity index (χ4n) is 4.46. The normalized spacial score (nSPS) is 23.8. The fourth-order valence-corrected chi connectivity index (χ4v) is 4.99. The van der Waals surface area contributed by atoms with Crippen LogP contribution in [0.25, 0.3) is 0 Å². The van der Waals surface area contributed by atoms with Crippen molar-refractivity contribution in [3.63, 3.8) is 0 Å². The SMILES string of the molecule is CCC(C)(C)C1CCC2(CC1)NC(=O)N(CC(=O)NNC(=O)c1cc(Br)cn1C)C2=O. The molecule has 2 fully saturated rings. The van der Waals surface area contributed by atoms with E-state index in [-0.39, 0.29) is 11.3 Å². The van der Waals surface area contributed by atoms with E-state index in [4.69, 9.17) is 0 Å². The number of nitrogens with zero attached hydrogens (tertiary/aromatic N) is 2. The van der Waals surface area contributed by atoms with Crippen LogP contribution in [0.5, 0.6) is 0 Å². The fraction of sp³-hybridized carbons (Fsp3) is 0.619. The topological polar surface area (TPSA) is 113 Å². The molecule has 1 aromatic rings. The summed E-state index contributed by atoms with van der Waals surface area (Å²) in [5.41, 5.74) is 4.19. The number of hydrazine groups is 1. The highest BCUT2D eigenvalue weighted by Gasteiger charge is 2.53. The maximum atomic E-state index is 13.0. The smallest absolute Gasteiger partial charge is 0.325 e. The van der Waals surface area contributed by atoms with E-state index in [0.29, 0.717) is 24.5 Å². The average molecular weight is 496 g/mol. The summed E-state index contributed by atoms with van der Waals surface area (Å²) in [6.45, 7) is 6.20. The molecular weight excluding hydrogens is 466 g/mol. The number of amides is 5. The highest BCUT2D eigenvalue weighted by Crippen LogP contribution is 2.45. The number of aryl methyl sites for hydroxylation is 1. The number of carbonyl (C=O) groups is 4. The predicted octanol–water partition coefficient (Wildman–Crippen LogP) is 2.47. The van der Waals surface area contributed by atoms with Gasteiger partial charge in [0.1, 0.15) is 17.8 Å². The molecule has 3 N–H and O–H groups in total. The van der Waals surface area contributed by atoms with Gasteiger partial charge in [0, 0.05) is 17.7 Å². The number of nitrogens with one attached hydrogen (secondary N) is 3. The van der Waals surface area contributed by atoms with Gasteiger partial charge in [-0.25, -0.2) is 4.79 Å². The number of carbonyl (C=O) groups excluding carboxylic acids is 4. The summed E-state index contributed by atoms with van der Waals surface area (Å²) >= 11 is 3.28. The van der Waals surface area contributed by atoms with E-state index in [9.17, 15) is 19.2 Å². The van der Waals surface area contributed by atoms with E-state index < -0.39 is 29.9 Å². The summed E-state index contributed by atoms with van der Waals surface area (Å²) in [5, 5.41) is 2.83. The molecule has 1 aromatic heterocycles. The molecule has 0 radical (unpaired) electrons. The van der Waals surface area contributed by atoms with Crippen molar-refractivity contribution in [3.05, 3.63) is 22.4 Å². The third-order valence-corrected chi connectivity index (χ3v) is 7.36. The summed E-state index contributed by atoms with van der Waals surface area (Å²) in [7, 11) is 1.70. The first kappa shape index (κ1) is 23.3. The third-order valence-electron chi connectivity index (χ3n) is 6.92. The Hall–Kier alpha value is -2.36. The van der Waals surface area contributed by atoms with E-state index in [2.05, 4.69) is 52.9 Å². The lowest BCUT2D eigenvalue weighted by Gasteiger charge is -2.42. The van der Waals surface area contributed by atoms with Crippen molar-refractivity contribution in [1.82, 2.24) is 25.6 Å². The van der Waals surface area contributed by atoms with E-state index >= 15 is 0 Å². The van der Waals surface area contributed by atoms with E-state index in [1.807, 2.05) is 0 Å². The maximum absolute atomic E-state index is 13.0. The number of aromatic nitrogens is 1. The Morgan fingerprint density at radius 3 is 2.45 bits per heavy atom. The van der Waals surface area contributed by atoms with Crippen molar-refractivity contribution in [2.75, 3.05) is 6.54 Å². The molecule has 1 saturated heterocycles. The Balaban J connectivity index is 1.56. The number of hydrogen-bond donors (Lipinski definition) is 3. The van der Waals surface area contributed by atoms with Crippen molar-refractivity contribution in [3.8, 4) is 0 Å². The lowest BCUT2D eigenvalue weighted by Crippen LogP contribution is -2.51. The summed E-state index contributed by atoms with van der Waals surface area (Å²) in [6, 6.07) is 1.05. The molecule has 3 rings (SSSR count). The number of urea groups is 1. The quantitative estimate of drug-likeness (QED) is 0.430. The molecule has 2 aliphatic rings. The van der Waals surface area contributed by atoms with Crippen molar-refractivity contribution in [2.45, 2.75) is 58.4 Å². The van der Waals surface area contributed by atoms with Gasteiger partial charge in [-0.15, -0.1) is 0 Å². The molecule has 1 spiro atoms. The molecule has 2 heterocycles. The molecule has 1 aliphatic carbocycles. The Kier molecular flexibility index (Phi) is 6.50. The van der Waals surface area contributed by atoms with Gasteiger partial charge in [-0.3, -0.25) is 30.1 Å². The minimum absolute atomic E-state index is 0.193. The van der Waals surface area contributed by atoms with Gasteiger partial charge in [0.2, 0.25) is 0 Å². The minimum Gasteiger partial charge on any atom is -0.345 e. The highest BCUT2D eigenvalue weighted by atomic mass is 79.9. The molecule has 10 heteroatoms. The van der Waals surface area contributed by atoms with Crippen LogP contribution in [0.2, 0.25) is 0 Å². The Morgan fingerprint density at radius 1 is 1.26 bits per heavy atom. The standard InChI is InChI=1S/C21H30BrN5O4/c1-5-20(2,3)13-6-8-21(9-7-13)18(30)27(19(31)23-21)12-16(28)24-25-17(29)15-10-14(22)11-26(15)4/h10-11,13H,5-9,12H2,1-4H3,(H,23,31)(H,24,28)(H,25,29). The van der Waals surface area contributed by atoms with E-state index in [1.165, 1.54) is 0 Å². The number of halogens is 1. The first-order valence-corrected chi connectivity index (χ1v) is 11.3. The van der Waals surface area contributed by atoms with Crippen LogP contribution in [0, 0.1) is 11.3 Å². The first-order valence-electron chi connectivity index (χ1n) is 10.5. The van der Waals surface area contributed by atoms with Gasteiger partial charge in [-0.1, -0.05) is 27.2 Å². The molecular formula is C21H30BrN5O4. The molecule has 31 heavy (non-hydrogen) atoms. The lowest BCUT2D eigenvalue weighted by molar-refractivity contribution is -0.136. The van der Waals surface area contributed by atoms with Crippen LogP contribution in [0.3, 0.4) is 0 Å². The van der Waals surface area contributed by atoms with Crippen molar-refractivity contribution < 1.29 is 19.2 Å². The Labute approximate surface area is 190 Å². The highest BCUT2D eigenvalue weighted by molar-refractivity contribution is 9.10. The lowest BCUT2D eigenvalue weighted by atomic mass is 9.65. The number of hydrogen-bond acceptors (Lipinski definition) is 4. The zero-order valence-corrected chi connectivity index (χ0v) is 20.0. The van der Waals surface area contributed by atoms with E-state index in [1.54, 1.807) is 23.9 Å². The zero-order valence-electron chi connectivity index (χ0n) is 18.4. The van der Waals surface area contributed by atoms with Crippen LogP contribution in [0.15, 0.2) is 16.7 Å². The van der Waals surface area contributed by atoms with Gasteiger partial charge in [0.15, 0.2) is 0 Å². The van der Waals surface area contributed by atoms with Gasteiger partial charge in [-0.2, -0.15) is 0 Å². The minimum atomic E-state index is -0.920. The van der Waals surface area contributed by atoms with Gasteiger partial charge in [-0.05, 0) is 59.0 Å². The second-order valence-electron chi connectivity index (χ2n) is 9.18. The molecule has 1 saturated carbocycles. The van der Waals surface area contributed by atoms with Crippen molar-refractivity contribution in [2.24, 2.45) is 18.4 Å². The van der Waals surface area contributed by atoms with Crippen LogP contribution in [-0.4, -0.2) is 45.3 Å². The maximum Gasteiger partial charge on any atom is 0.325 e. The van der Waals surface area contributed by atoms with Crippen LogP contribution in [0.4, 0.5) is 4.79 Å². The summed E-state index contributed by atoms with van der Waals surface area (Å²) in [5.74, 6) is -1.02. The molecule has 5 amide bonds. The van der Waals surface area contributed by atoms with Crippen LogP contribution >= 0.6 is 15.9 Å². The molecule has 9 nitrogen and oxygen atoms in total. The first-order chi connectivity index (χ1) is 14.5. The molecule has 0 aromatic carbocycles. The molecule has 0 unspecified atom stereocenters. The number of rotatable bonds is 5. The Bertz CT molecular complexity index is 902. The molecule has 1 aliphatic heterocycles. The summed E-state index contributed by atoms with van der Waals surface area (Å²) < 4.78 is 2.33. The van der Waals surface area contributed by atoms with Crippen molar-refractivity contribution in [1.29, 1.82) is 0 Å². The largest absolute Gasteiger partial charge is 0.345 e. The van der Waals surface area contributed by atoms with Crippen LogP contribution < -0.4 is 16.2 Å². The second-order valence-corrected chi connectivity index (χ2v) is 10.1. The third kappa shape index (κ3) is 4.63. The molecule has 0 atom stereocenters. The summed E-state index contributed by atoms with van der Waals surface area (Å²) in [4.78, 5) is 50.9. The Morgan fingerprint density at radius 2 is 1.90 bits per heavy atom. The van der Waals surface area contributed by atoms with E-state index in [0.717, 1.165) is 28.6 Å².